The van der Waals surface area contributed by atoms with E-state index in [1.54, 1.807) is 24.5 Å². The van der Waals surface area contributed by atoms with Crippen molar-refractivity contribution in [3.05, 3.63) is 52.4 Å². The molecule has 0 amide bonds. The molecule has 0 unspecified atom stereocenters. The van der Waals surface area contributed by atoms with Gasteiger partial charge in [-0.15, -0.1) is 0 Å². The molecule has 126 valence electrons. The Balaban J connectivity index is 1.74. The maximum absolute atomic E-state index is 12.6. The number of hydrogen-bond donors (Lipinski definition) is 1. The molecule has 1 saturated heterocycles. The first kappa shape index (κ1) is 17.0. The summed E-state index contributed by atoms with van der Waals surface area (Å²) >= 11 is 3.33. The fourth-order valence-corrected chi connectivity index (χ4v) is 3.12. The van der Waals surface area contributed by atoms with E-state index in [1.165, 1.54) is 0 Å². The van der Waals surface area contributed by atoms with Gasteiger partial charge in [-0.25, -0.2) is 4.98 Å². The molecule has 0 spiro atoms. The highest BCUT2D eigenvalue weighted by Gasteiger charge is 2.19. The van der Waals surface area contributed by atoms with Gasteiger partial charge in [-0.1, -0.05) is 6.07 Å². The Labute approximate surface area is 149 Å². The topological polar surface area (TPSA) is 69.6 Å². The van der Waals surface area contributed by atoms with Crippen LogP contribution in [0.2, 0.25) is 0 Å². The van der Waals surface area contributed by atoms with Crippen LogP contribution in [0.5, 0.6) is 0 Å². The van der Waals surface area contributed by atoms with Crippen LogP contribution in [-0.4, -0.2) is 65.1 Å². The van der Waals surface area contributed by atoms with Crippen molar-refractivity contribution >= 4 is 27.5 Å². The Morgan fingerprint density at radius 1 is 1.21 bits per heavy atom. The molecular formula is C17H19BrN4O2. The first-order chi connectivity index (χ1) is 11.7. The van der Waals surface area contributed by atoms with Gasteiger partial charge in [0.1, 0.15) is 11.5 Å². The SMILES string of the molecule is O=C(c1cncc(Br)c1)c1cccc(N2CCN(CCO)CC2)n1. The van der Waals surface area contributed by atoms with Crippen molar-refractivity contribution in [3.8, 4) is 0 Å². The molecule has 1 aliphatic heterocycles. The van der Waals surface area contributed by atoms with E-state index in [0.717, 1.165) is 36.5 Å². The lowest BCUT2D eigenvalue weighted by Crippen LogP contribution is -2.47. The molecule has 0 radical (unpaired) electrons. The quantitative estimate of drug-likeness (QED) is 0.781. The standard InChI is InChI=1S/C17H19BrN4O2/c18-14-10-13(11-19-12-14)17(24)15-2-1-3-16(20-15)22-6-4-21(5-7-22)8-9-23/h1-3,10-12,23H,4-9H2. The number of anilines is 1. The highest BCUT2D eigenvalue weighted by molar-refractivity contribution is 9.10. The van der Waals surface area contributed by atoms with E-state index in [2.05, 4.69) is 35.7 Å². The molecule has 2 aromatic heterocycles. The van der Waals surface area contributed by atoms with Crippen LogP contribution in [0.4, 0.5) is 5.82 Å². The van der Waals surface area contributed by atoms with Crippen molar-refractivity contribution < 1.29 is 9.90 Å². The predicted molar refractivity (Wildman–Crippen MR) is 95.3 cm³/mol. The Bertz CT molecular complexity index is 717. The minimum Gasteiger partial charge on any atom is -0.395 e. The molecule has 0 aromatic carbocycles. The minimum absolute atomic E-state index is 0.135. The summed E-state index contributed by atoms with van der Waals surface area (Å²) in [7, 11) is 0. The van der Waals surface area contributed by atoms with Crippen LogP contribution in [0, 0.1) is 0 Å². The Morgan fingerprint density at radius 3 is 2.71 bits per heavy atom. The Morgan fingerprint density at radius 2 is 2.00 bits per heavy atom. The molecule has 0 bridgehead atoms. The maximum atomic E-state index is 12.6. The van der Waals surface area contributed by atoms with E-state index in [1.807, 2.05) is 12.1 Å². The Kier molecular flexibility index (Phi) is 5.55. The number of β-amino-alcohol motifs (C(OH)–C–C–N with tert-alkyl or cyclic N) is 1. The van der Waals surface area contributed by atoms with E-state index in [0.29, 0.717) is 17.8 Å². The fourth-order valence-electron chi connectivity index (χ4n) is 2.75. The first-order valence-electron chi connectivity index (χ1n) is 7.88. The molecule has 1 N–H and O–H groups in total. The minimum atomic E-state index is -0.135. The summed E-state index contributed by atoms with van der Waals surface area (Å²) in [4.78, 5) is 25.6. The van der Waals surface area contributed by atoms with Crippen LogP contribution in [0.25, 0.3) is 0 Å². The molecule has 1 fully saturated rings. The summed E-state index contributed by atoms with van der Waals surface area (Å²) in [5.74, 6) is 0.678. The van der Waals surface area contributed by atoms with Crippen molar-refractivity contribution in [2.45, 2.75) is 0 Å². The van der Waals surface area contributed by atoms with Gasteiger partial charge in [0.2, 0.25) is 5.78 Å². The lowest BCUT2D eigenvalue weighted by molar-refractivity contribution is 0.103. The third-order valence-electron chi connectivity index (χ3n) is 4.05. The molecule has 7 heteroatoms. The summed E-state index contributed by atoms with van der Waals surface area (Å²) in [6.07, 6.45) is 3.20. The summed E-state index contributed by atoms with van der Waals surface area (Å²) in [5.41, 5.74) is 0.937. The second kappa shape index (κ2) is 7.83. The number of carbonyl (C=O) groups excluding carboxylic acids is 1. The number of halogens is 1. The van der Waals surface area contributed by atoms with Crippen LogP contribution in [0.3, 0.4) is 0 Å². The van der Waals surface area contributed by atoms with Gasteiger partial charge in [-0.3, -0.25) is 14.7 Å². The number of hydrogen-bond acceptors (Lipinski definition) is 6. The van der Waals surface area contributed by atoms with Gasteiger partial charge in [-0.2, -0.15) is 0 Å². The van der Waals surface area contributed by atoms with Crippen LogP contribution in [0.15, 0.2) is 41.1 Å². The third kappa shape index (κ3) is 3.98. The summed E-state index contributed by atoms with van der Waals surface area (Å²) < 4.78 is 0.768. The van der Waals surface area contributed by atoms with Crippen molar-refractivity contribution in [1.82, 2.24) is 14.9 Å². The third-order valence-corrected chi connectivity index (χ3v) is 4.48. The van der Waals surface area contributed by atoms with E-state index >= 15 is 0 Å². The number of nitrogens with zero attached hydrogens (tertiary/aromatic N) is 4. The number of piperazine rings is 1. The number of rotatable bonds is 5. The molecule has 6 nitrogen and oxygen atoms in total. The first-order valence-corrected chi connectivity index (χ1v) is 8.67. The second-order valence-electron chi connectivity index (χ2n) is 5.65. The highest BCUT2D eigenvalue weighted by atomic mass is 79.9. The molecule has 2 aromatic rings. The average Bonchev–Trinajstić information content (AvgIpc) is 2.62. The molecule has 1 aliphatic rings. The van der Waals surface area contributed by atoms with E-state index in [9.17, 15) is 4.79 Å². The van der Waals surface area contributed by atoms with Crippen molar-refractivity contribution in [1.29, 1.82) is 0 Å². The molecule has 24 heavy (non-hydrogen) atoms. The zero-order chi connectivity index (χ0) is 16.9. The number of aliphatic hydroxyl groups is 1. The number of aromatic nitrogens is 2. The summed E-state index contributed by atoms with van der Waals surface area (Å²) in [5, 5.41) is 9.01. The normalized spacial score (nSPS) is 15.5. The van der Waals surface area contributed by atoms with Crippen LogP contribution >= 0.6 is 15.9 Å². The zero-order valence-corrected chi connectivity index (χ0v) is 14.8. The van der Waals surface area contributed by atoms with E-state index in [-0.39, 0.29) is 12.4 Å². The lowest BCUT2D eigenvalue weighted by Gasteiger charge is -2.35. The van der Waals surface area contributed by atoms with Crippen molar-refractivity contribution in [2.75, 3.05) is 44.2 Å². The van der Waals surface area contributed by atoms with Crippen molar-refractivity contribution in [2.24, 2.45) is 0 Å². The number of pyridine rings is 2. The average molecular weight is 391 g/mol. The summed E-state index contributed by atoms with van der Waals surface area (Å²) in [6.45, 7) is 4.33. The van der Waals surface area contributed by atoms with Crippen LogP contribution in [-0.2, 0) is 0 Å². The van der Waals surface area contributed by atoms with Gasteiger partial charge >= 0.3 is 0 Å². The van der Waals surface area contributed by atoms with E-state index < -0.39 is 0 Å². The van der Waals surface area contributed by atoms with Crippen LogP contribution < -0.4 is 4.90 Å². The predicted octanol–water partition coefficient (Wildman–Crippen LogP) is 1.58. The molecular weight excluding hydrogens is 372 g/mol. The smallest absolute Gasteiger partial charge is 0.213 e. The molecule has 0 atom stereocenters. The molecule has 3 rings (SSSR count). The van der Waals surface area contributed by atoms with Crippen LogP contribution in [0.1, 0.15) is 16.1 Å². The molecule has 0 aliphatic carbocycles. The zero-order valence-electron chi connectivity index (χ0n) is 13.2. The van der Waals surface area contributed by atoms with Gasteiger partial charge in [0.25, 0.3) is 0 Å². The lowest BCUT2D eigenvalue weighted by atomic mass is 10.1. The molecule has 0 saturated carbocycles. The van der Waals surface area contributed by atoms with Gasteiger partial charge in [0, 0.05) is 55.2 Å². The van der Waals surface area contributed by atoms with Crippen molar-refractivity contribution in [3.63, 3.8) is 0 Å². The van der Waals surface area contributed by atoms with E-state index in [4.69, 9.17) is 5.11 Å². The fraction of sp³-hybridized carbons (Fsp3) is 0.353. The Hall–Kier alpha value is -1.83. The highest BCUT2D eigenvalue weighted by Crippen LogP contribution is 2.17. The maximum Gasteiger partial charge on any atom is 0.213 e. The number of carbonyl (C=O) groups is 1. The number of ketones is 1. The van der Waals surface area contributed by atoms with Gasteiger partial charge in [0.15, 0.2) is 0 Å². The van der Waals surface area contributed by atoms with Gasteiger partial charge in [0.05, 0.1) is 6.61 Å². The second-order valence-corrected chi connectivity index (χ2v) is 6.57. The monoisotopic (exact) mass is 390 g/mol. The summed E-state index contributed by atoms with van der Waals surface area (Å²) in [6, 6.07) is 7.27. The molecule has 3 heterocycles. The van der Waals surface area contributed by atoms with Gasteiger partial charge in [-0.05, 0) is 34.1 Å². The van der Waals surface area contributed by atoms with Gasteiger partial charge < -0.3 is 10.0 Å². The largest absolute Gasteiger partial charge is 0.395 e. The number of aliphatic hydroxyl groups excluding tert-OH is 1.